The summed E-state index contributed by atoms with van der Waals surface area (Å²) >= 11 is 0. The van der Waals surface area contributed by atoms with E-state index in [1.807, 2.05) is 36.4 Å². The van der Waals surface area contributed by atoms with Gasteiger partial charge >= 0.3 is 0 Å². The lowest BCUT2D eigenvalue weighted by Crippen LogP contribution is -2.44. The summed E-state index contributed by atoms with van der Waals surface area (Å²) in [5.74, 6) is 0.130. The minimum Gasteiger partial charge on any atom is -0.376 e. The smallest absolute Gasteiger partial charge is 0.251 e. The van der Waals surface area contributed by atoms with Crippen LogP contribution in [0.2, 0.25) is 0 Å². The number of nitrogens with one attached hydrogen (secondary N) is 1. The molecule has 1 amide bonds. The number of benzene rings is 2. The highest BCUT2D eigenvalue weighted by Gasteiger charge is 2.23. The first kappa shape index (κ1) is 16.7. The molecule has 3 rings (SSSR count). The van der Waals surface area contributed by atoms with Crippen molar-refractivity contribution in [1.82, 2.24) is 5.32 Å². The summed E-state index contributed by atoms with van der Waals surface area (Å²) in [5.41, 5.74) is 2.49. The molecule has 1 N–H and O–H groups in total. The molecule has 2 aromatic rings. The molecular formula is C20H23NO3. The molecule has 1 saturated heterocycles. The van der Waals surface area contributed by atoms with E-state index in [1.54, 1.807) is 0 Å². The molecule has 0 aromatic heterocycles. The first-order chi connectivity index (χ1) is 11.8. The van der Waals surface area contributed by atoms with Crippen molar-refractivity contribution in [1.29, 1.82) is 0 Å². The first-order valence-corrected chi connectivity index (χ1v) is 8.39. The van der Waals surface area contributed by atoms with Crippen LogP contribution >= 0.6 is 0 Å². The molecule has 0 saturated carbocycles. The van der Waals surface area contributed by atoms with Crippen molar-refractivity contribution < 1.29 is 14.3 Å². The van der Waals surface area contributed by atoms with Gasteiger partial charge < -0.3 is 14.8 Å². The topological polar surface area (TPSA) is 47.6 Å². The van der Waals surface area contributed by atoms with E-state index in [1.165, 1.54) is 11.1 Å². The fourth-order valence-electron chi connectivity index (χ4n) is 2.91. The lowest BCUT2D eigenvalue weighted by molar-refractivity contribution is -0.147. The highest BCUT2D eigenvalue weighted by Crippen LogP contribution is 2.20. The molecule has 0 unspecified atom stereocenters. The fraction of sp³-hybridized carbons (Fsp3) is 0.350. The zero-order valence-corrected chi connectivity index (χ0v) is 13.7. The van der Waals surface area contributed by atoms with Gasteiger partial charge in [0.15, 0.2) is 6.10 Å². The SMILES string of the molecule is O=C(NC[C@@H](Cc1ccccc1)c1ccccc1)[C@@H]1COCCO1. The number of hydrogen-bond donors (Lipinski definition) is 1. The normalized spacial score (nSPS) is 18.8. The Balaban J connectivity index is 1.64. The highest BCUT2D eigenvalue weighted by atomic mass is 16.6. The van der Waals surface area contributed by atoms with Crippen molar-refractivity contribution in [2.24, 2.45) is 0 Å². The average molecular weight is 325 g/mol. The summed E-state index contributed by atoms with van der Waals surface area (Å²) in [5, 5.41) is 3.03. The lowest BCUT2D eigenvalue weighted by atomic mass is 9.92. The van der Waals surface area contributed by atoms with Gasteiger partial charge in [-0.1, -0.05) is 60.7 Å². The van der Waals surface area contributed by atoms with Gasteiger partial charge in [0.25, 0.3) is 5.91 Å². The van der Waals surface area contributed by atoms with Crippen molar-refractivity contribution in [2.45, 2.75) is 18.4 Å². The molecule has 1 aliphatic rings. The number of rotatable bonds is 6. The molecule has 4 heteroatoms. The molecule has 1 aliphatic heterocycles. The highest BCUT2D eigenvalue weighted by molar-refractivity contribution is 5.81. The number of ether oxygens (including phenoxy) is 2. The quantitative estimate of drug-likeness (QED) is 0.888. The van der Waals surface area contributed by atoms with E-state index in [4.69, 9.17) is 9.47 Å². The van der Waals surface area contributed by atoms with Gasteiger partial charge in [-0.05, 0) is 17.5 Å². The van der Waals surface area contributed by atoms with Gasteiger partial charge in [-0.25, -0.2) is 0 Å². The van der Waals surface area contributed by atoms with E-state index in [0.717, 1.165) is 6.42 Å². The van der Waals surface area contributed by atoms with Crippen LogP contribution in [0.1, 0.15) is 17.0 Å². The van der Waals surface area contributed by atoms with E-state index in [-0.39, 0.29) is 11.8 Å². The second-order valence-corrected chi connectivity index (χ2v) is 5.98. The number of hydrogen-bond acceptors (Lipinski definition) is 3. The van der Waals surface area contributed by atoms with E-state index in [9.17, 15) is 4.79 Å². The van der Waals surface area contributed by atoms with Crippen molar-refractivity contribution in [3.05, 3.63) is 71.8 Å². The Morgan fingerprint density at radius 3 is 2.42 bits per heavy atom. The molecule has 0 spiro atoms. The summed E-state index contributed by atoms with van der Waals surface area (Å²) < 4.78 is 10.8. The molecule has 0 bridgehead atoms. The van der Waals surface area contributed by atoms with Gasteiger partial charge in [0, 0.05) is 12.5 Å². The van der Waals surface area contributed by atoms with Gasteiger partial charge in [-0.2, -0.15) is 0 Å². The summed E-state index contributed by atoms with van der Waals surface area (Å²) in [6.07, 6.45) is 0.388. The summed E-state index contributed by atoms with van der Waals surface area (Å²) in [6, 6.07) is 20.6. The first-order valence-electron chi connectivity index (χ1n) is 8.39. The maximum absolute atomic E-state index is 12.3. The maximum Gasteiger partial charge on any atom is 0.251 e. The Kier molecular flexibility index (Phi) is 5.99. The fourth-order valence-corrected chi connectivity index (χ4v) is 2.91. The number of carbonyl (C=O) groups excluding carboxylic acids is 1. The predicted molar refractivity (Wildman–Crippen MR) is 92.9 cm³/mol. The lowest BCUT2D eigenvalue weighted by Gasteiger charge is -2.24. The Morgan fingerprint density at radius 2 is 1.75 bits per heavy atom. The largest absolute Gasteiger partial charge is 0.376 e. The van der Waals surface area contributed by atoms with Crippen molar-refractivity contribution >= 4 is 5.91 Å². The van der Waals surface area contributed by atoms with E-state index >= 15 is 0 Å². The molecule has 2 atom stereocenters. The molecule has 1 fully saturated rings. The zero-order chi connectivity index (χ0) is 16.6. The van der Waals surface area contributed by atoms with Crippen molar-refractivity contribution in [3.8, 4) is 0 Å². The van der Waals surface area contributed by atoms with Crippen LogP contribution in [-0.4, -0.2) is 38.4 Å². The second-order valence-electron chi connectivity index (χ2n) is 5.98. The summed E-state index contributed by atoms with van der Waals surface area (Å²) in [6.45, 7) is 1.95. The van der Waals surface area contributed by atoms with Crippen LogP contribution in [-0.2, 0) is 20.7 Å². The van der Waals surface area contributed by atoms with Crippen LogP contribution in [0.25, 0.3) is 0 Å². The Hall–Kier alpha value is -2.17. The molecule has 4 nitrogen and oxygen atoms in total. The van der Waals surface area contributed by atoms with Crippen LogP contribution < -0.4 is 5.32 Å². The molecule has 2 aromatic carbocycles. The number of carbonyl (C=O) groups is 1. The van der Waals surface area contributed by atoms with E-state index in [2.05, 4.69) is 29.6 Å². The van der Waals surface area contributed by atoms with Crippen LogP contribution in [0.15, 0.2) is 60.7 Å². The standard InChI is InChI=1S/C20H23NO3/c22-20(19-15-23-11-12-24-19)21-14-18(17-9-5-2-6-10-17)13-16-7-3-1-4-8-16/h1-10,18-19H,11-15H2,(H,21,22)/t18-,19+/m1/s1. The van der Waals surface area contributed by atoms with Gasteiger partial charge in [0.2, 0.25) is 0 Å². The zero-order valence-electron chi connectivity index (χ0n) is 13.7. The van der Waals surface area contributed by atoms with Crippen LogP contribution in [0.3, 0.4) is 0 Å². The van der Waals surface area contributed by atoms with Crippen LogP contribution in [0.5, 0.6) is 0 Å². The van der Waals surface area contributed by atoms with Gasteiger partial charge in [-0.15, -0.1) is 0 Å². The van der Waals surface area contributed by atoms with Crippen LogP contribution in [0, 0.1) is 0 Å². The molecular weight excluding hydrogens is 302 g/mol. The molecule has 0 radical (unpaired) electrons. The van der Waals surface area contributed by atoms with Gasteiger partial charge in [-0.3, -0.25) is 4.79 Å². The molecule has 24 heavy (non-hydrogen) atoms. The molecule has 126 valence electrons. The molecule has 1 heterocycles. The Labute approximate surface area is 142 Å². The Bertz CT molecular complexity index is 624. The van der Waals surface area contributed by atoms with Crippen molar-refractivity contribution in [3.63, 3.8) is 0 Å². The maximum atomic E-state index is 12.3. The third kappa shape index (κ3) is 4.66. The predicted octanol–water partition coefficient (Wildman–Crippen LogP) is 2.54. The number of amides is 1. The van der Waals surface area contributed by atoms with E-state index in [0.29, 0.717) is 26.4 Å². The third-order valence-corrected chi connectivity index (χ3v) is 4.23. The average Bonchev–Trinajstić information content (AvgIpc) is 2.67. The second kappa shape index (κ2) is 8.62. The Morgan fingerprint density at radius 1 is 1.04 bits per heavy atom. The summed E-state index contributed by atoms with van der Waals surface area (Å²) in [7, 11) is 0. The third-order valence-electron chi connectivity index (χ3n) is 4.23. The van der Waals surface area contributed by atoms with Gasteiger partial charge in [0.05, 0.1) is 19.8 Å². The summed E-state index contributed by atoms with van der Waals surface area (Å²) in [4.78, 5) is 12.3. The van der Waals surface area contributed by atoms with E-state index < -0.39 is 6.10 Å². The van der Waals surface area contributed by atoms with Gasteiger partial charge in [0.1, 0.15) is 0 Å². The van der Waals surface area contributed by atoms with Crippen molar-refractivity contribution in [2.75, 3.05) is 26.4 Å². The van der Waals surface area contributed by atoms with Crippen LogP contribution in [0.4, 0.5) is 0 Å². The minimum atomic E-state index is -0.494. The monoisotopic (exact) mass is 325 g/mol. The molecule has 0 aliphatic carbocycles. The minimum absolute atomic E-state index is 0.0938.